The van der Waals surface area contributed by atoms with Gasteiger partial charge in [0.1, 0.15) is 17.2 Å². The summed E-state index contributed by atoms with van der Waals surface area (Å²) in [5.74, 6) is 3.58. The molecule has 1 N–H and O–H groups in total. The Hall–Kier alpha value is -4.28. The number of benzene rings is 5. The zero-order valence-electron chi connectivity index (χ0n) is 21.1. The highest BCUT2D eigenvalue weighted by Gasteiger charge is 2.28. The van der Waals surface area contributed by atoms with Crippen molar-refractivity contribution in [3.8, 4) is 40.2 Å². The van der Waals surface area contributed by atoms with Crippen LogP contribution < -0.4 is 27.4 Å². The van der Waals surface area contributed by atoms with Gasteiger partial charge in [-0.25, -0.2) is 0 Å². The lowest BCUT2D eigenvalue weighted by molar-refractivity contribution is 0.355. The van der Waals surface area contributed by atoms with E-state index in [0.29, 0.717) is 46.7 Å². The lowest BCUT2D eigenvalue weighted by atomic mass is 10.00. The van der Waals surface area contributed by atoms with E-state index in [1.165, 1.54) is 0 Å². The van der Waals surface area contributed by atoms with Crippen molar-refractivity contribution in [2.75, 3.05) is 0 Å². The minimum Gasteiger partial charge on any atom is -0.449 e. The van der Waals surface area contributed by atoms with Gasteiger partial charge in [0.2, 0.25) is 0 Å². The molecule has 200 valence electrons. The van der Waals surface area contributed by atoms with E-state index in [-0.39, 0.29) is 0 Å². The normalized spacial score (nSPS) is 12.3. The molecule has 1 heterocycles. The zero-order valence-corrected chi connectivity index (χ0v) is 22.9. The first kappa shape index (κ1) is 26.0. The van der Waals surface area contributed by atoms with Crippen molar-refractivity contribution >= 4 is 17.2 Å². The Bertz CT molecular complexity index is 1510. The second-order valence-corrected chi connectivity index (χ2v) is 10.5. The third-order valence-corrected chi connectivity index (χ3v) is 7.61. The molecule has 0 fully saturated rings. The molecule has 5 aromatic carbocycles. The van der Waals surface area contributed by atoms with Crippen molar-refractivity contribution in [1.82, 2.24) is 0 Å². The van der Waals surface area contributed by atoms with E-state index in [9.17, 15) is 4.89 Å². The average molecular weight is 570 g/mol. The van der Waals surface area contributed by atoms with E-state index in [1.54, 1.807) is 18.2 Å². The molecule has 0 radical (unpaired) electrons. The monoisotopic (exact) mass is 570 g/mol. The summed E-state index contributed by atoms with van der Waals surface area (Å²) in [6, 6.07) is 39.0. The molecule has 0 aliphatic carbocycles. The van der Waals surface area contributed by atoms with Crippen molar-refractivity contribution in [3.63, 3.8) is 0 Å². The van der Waals surface area contributed by atoms with Gasteiger partial charge in [0, 0.05) is 17.5 Å². The van der Waals surface area contributed by atoms with Gasteiger partial charge >= 0.3 is 17.2 Å². The quantitative estimate of drug-likeness (QED) is 0.165. The molecule has 1 unspecified atom stereocenters. The van der Waals surface area contributed by atoms with Gasteiger partial charge in [0.05, 0.1) is 0 Å². The number of hydrogen-bond acceptors (Lipinski definition) is 7. The first-order valence-electron chi connectivity index (χ1n) is 12.5. The van der Waals surface area contributed by atoms with Gasteiger partial charge in [-0.1, -0.05) is 78.9 Å². The van der Waals surface area contributed by atoms with E-state index in [1.807, 2.05) is 109 Å². The van der Waals surface area contributed by atoms with Crippen LogP contribution in [0.4, 0.5) is 0 Å². The molecule has 40 heavy (non-hydrogen) atoms. The maximum absolute atomic E-state index is 10.5. The average Bonchev–Trinajstić information content (AvgIpc) is 2.98. The standard InChI is InChI=1S/C31H24O7P2/c32-39(34-25-14-4-1-5-15-25)37-28-20-10-12-23-22-24-13-11-21-29(31(24)33-30(23)28)38-40(35-26-16-6-2-7-17-26)36-27-18-8-3-9-19-27/h1-21,32H,22H2. The first-order valence-corrected chi connectivity index (χ1v) is 14.7. The molecule has 1 aliphatic heterocycles. The predicted molar refractivity (Wildman–Crippen MR) is 154 cm³/mol. The highest BCUT2D eigenvalue weighted by molar-refractivity contribution is 7.43. The van der Waals surface area contributed by atoms with Crippen LogP contribution in [0.3, 0.4) is 0 Å². The fourth-order valence-corrected chi connectivity index (χ4v) is 5.68. The van der Waals surface area contributed by atoms with Crippen molar-refractivity contribution < 1.29 is 32.2 Å². The highest BCUT2D eigenvalue weighted by Crippen LogP contribution is 2.52. The SMILES string of the molecule is OP(Oc1ccccc1)Oc1cccc2c1Oc1c(cccc1OP(Oc1ccccc1)Oc1ccccc1)C2. The maximum Gasteiger partial charge on any atom is 0.530 e. The summed E-state index contributed by atoms with van der Waals surface area (Å²) >= 11 is 0. The topological polar surface area (TPSA) is 75.6 Å². The Kier molecular flexibility index (Phi) is 7.97. The van der Waals surface area contributed by atoms with Crippen molar-refractivity contribution in [2.24, 2.45) is 0 Å². The molecule has 0 spiro atoms. The summed E-state index contributed by atoms with van der Waals surface area (Å²) < 4.78 is 36.3. The molecule has 0 amide bonds. The molecule has 9 heteroatoms. The number of hydrogen-bond donors (Lipinski definition) is 1. The Labute approximate surface area is 234 Å². The third-order valence-electron chi connectivity index (χ3n) is 5.83. The molecular formula is C31H24O7P2. The van der Waals surface area contributed by atoms with Crippen LogP contribution in [0.25, 0.3) is 0 Å². The molecular weight excluding hydrogens is 546 g/mol. The number of rotatable bonds is 10. The second-order valence-electron chi connectivity index (χ2n) is 8.62. The van der Waals surface area contributed by atoms with Crippen molar-refractivity contribution in [1.29, 1.82) is 0 Å². The summed E-state index contributed by atoms with van der Waals surface area (Å²) in [6.45, 7) is 0. The van der Waals surface area contributed by atoms with Crippen LogP contribution in [0.5, 0.6) is 40.2 Å². The Morgan fingerprint density at radius 1 is 0.475 bits per heavy atom. The lowest BCUT2D eigenvalue weighted by Crippen LogP contribution is -2.08. The maximum atomic E-state index is 10.5. The van der Waals surface area contributed by atoms with Crippen LogP contribution in [0.1, 0.15) is 11.1 Å². The van der Waals surface area contributed by atoms with Gasteiger partial charge in [-0.05, 0) is 48.5 Å². The van der Waals surface area contributed by atoms with Crippen LogP contribution >= 0.6 is 17.2 Å². The summed E-state index contributed by atoms with van der Waals surface area (Å²) in [6.07, 6.45) is 0.582. The summed E-state index contributed by atoms with van der Waals surface area (Å²) in [7, 11) is -4.13. The molecule has 6 rings (SSSR count). The summed E-state index contributed by atoms with van der Waals surface area (Å²) in [5.41, 5.74) is 1.84. The second kappa shape index (κ2) is 12.3. The van der Waals surface area contributed by atoms with Crippen LogP contribution in [-0.2, 0) is 6.42 Å². The van der Waals surface area contributed by atoms with Crippen LogP contribution in [0.2, 0.25) is 0 Å². The van der Waals surface area contributed by atoms with E-state index in [0.717, 1.165) is 11.1 Å². The van der Waals surface area contributed by atoms with Gasteiger partial charge < -0.3 is 32.2 Å². The van der Waals surface area contributed by atoms with Crippen molar-refractivity contribution in [2.45, 2.75) is 6.42 Å². The summed E-state index contributed by atoms with van der Waals surface area (Å²) in [5, 5.41) is 0. The number of ether oxygens (including phenoxy) is 1. The molecule has 0 bridgehead atoms. The molecule has 1 aliphatic rings. The van der Waals surface area contributed by atoms with E-state index < -0.39 is 17.2 Å². The fraction of sp³-hybridized carbons (Fsp3) is 0.0323. The molecule has 5 aromatic rings. The van der Waals surface area contributed by atoms with E-state index in [4.69, 9.17) is 27.4 Å². The Morgan fingerprint density at radius 2 is 0.925 bits per heavy atom. The van der Waals surface area contributed by atoms with Gasteiger partial charge in [-0.3, -0.25) is 0 Å². The zero-order chi connectivity index (χ0) is 27.1. The van der Waals surface area contributed by atoms with Gasteiger partial charge in [-0.2, -0.15) is 0 Å². The van der Waals surface area contributed by atoms with Crippen molar-refractivity contribution in [3.05, 3.63) is 139 Å². The predicted octanol–water partition coefficient (Wildman–Crippen LogP) is 8.82. The van der Waals surface area contributed by atoms with Gasteiger partial charge in [0.15, 0.2) is 23.0 Å². The van der Waals surface area contributed by atoms with Crippen LogP contribution in [0.15, 0.2) is 127 Å². The minimum absolute atomic E-state index is 0.367. The first-order chi connectivity index (χ1) is 19.7. The number of para-hydroxylation sites is 5. The molecule has 0 aromatic heterocycles. The molecule has 7 nitrogen and oxygen atoms in total. The third kappa shape index (κ3) is 6.30. The molecule has 1 atom stereocenters. The lowest BCUT2D eigenvalue weighted by Gasteiger charge is -2.25. The van der Waals surface area contributed by atoms with Crippen LogP contribution in [-0.4, -0.2) is 4.89 Å². The van der Waals surface area contributed by atoms with Gasteiger partial charge in [0.25, 0.3) is 0 Å². The largest absolute Gasteiger partial charge is 0.530 e. The number of fused-ring (bicyclic) bond motifs is 2. The van der Waals surface area contributed by atoms with Crippen LogP contribution in [0, 0.1) is 0 Å². The van der Waals surface area contributed by atoms with E-state index >= 15 is 0 Å². The fourth-order valence-electron chi connectivity index (χ4n) is 4.03. The Balaban J connectivity index is 1.25. The highest BCUT2D eigenvalue weighted by atomic mass is 31.2. The Morgan fingerprint density at radius 3 is 1.43 bits per heavy atom. The smallest absolute Gasteiger partial charge is 0.449 e. The summed E-state index contributed by atoms with van der Waals surface area (Å²) in [4.78, 5) is 10.5. The molecule has 0 saturated heterocycles. The van der Waals surface area contributed by atoms with Gasteiger partial charge in [-0.15, -0.1) is 0 Å². The van der Waals surface area contributed by atoms with E-state index in [2.05, 4.69) is 0 Å². The molecule has 0 saturated carbocycles. The minimum atomic E-state index is -2.24.